The molecule has 5 nitrogen and oxygen atoms in total. The fourth-order valence-corrected chi connectivity index (χ4v) is 2.00. The van der Waals surface area contributed by atoms with Crippen LogP contribution in [0.3, 0.4) is 0 Å². The summed E-state index contributed by atoms with van der Waals surface area (Å²) in [6.45, 7) is 0.188. The van der Waals surface area contributed by atoms with Crippen molar-refractivity contribution < 1.29 is 15.0 Å². The second-order valence-electron chi connectivity index (χ2n) is 4.28. The second kappa shape index (κ2) is 5.18. The number of carboxylic acid groups (broad SMARTS) is 1. The fraction of sp³-hybridized carbons (Fsp3) is 0.385. The van der Waals surface area contributed by atoms with Crippen LogP contribution in [0.25, 0.3) is 11.0 Å². The van der Waals surface area contributed by atoms with E-state index in [4.69, 9.17) is 10.2 Å². The first-order chi connectivity index (χ1) is 8.63. The van der Waals surface area contributed by atoms with Crippen molar-refractivity contribution in [2.75, 3.05) is 6.61 Å². The minimum absolute atomic E-state index is 0.188. The first-order valence-electron chi connectivity index (χ1n) is 5.93. The molecule has 2 N–H and O–H groups in total. The average Bonchev–Trinajstić information content (AvgIpc) is 2.66. The van der Waals surface area contributed by atoms with Gasteiger partial charge in [0.2, 0.25) is 0 Å². The van der Waals surface area contributed by atoms with Crippen LogP contribution in [0, 0.1) is 0 Å². The molecule has 5 heteroatoms. The Labute approximate surface area is 105 Å². The summed E-state index contributed by atoms with van der Waals surface area (Å²) in [4.78, 5) is 15.3. The van der Waals surface area contributed by atoms with Gasteiger partial charge >= 0.3 is 5.97 Å². The lowest BCUT2D eigenvalue weighted by molar-refractivity contribution is 0.0697. The molecule has 0 amide bonds. The molecule has 96 valence electrons. The molecular formula is C13H16N2O3. The van der Waals surface area contributed by atoms with Crippen molar-refractivity contribution in [3.8, 4) is 0 Å². The lowest BCUT2D eigenvalue weighted by Gasteiger charge is -2.01. The van der Waals surface area contributed by atoms with Crippen LogP contribution in [-0.2, 0) is 13.5 Å². The third kappa shape index (κ3) is 2.36. The number of aromatic nitrogens is 2. The number of aromatic carboxylic acids is 1. The summed E-state index contributed by atoms with van der Waals surface area (Å²) in [5, 5.41) is 17.7. The highest BCUT2D eigenvalue weighted by Crippen LogP contribution is 2.18. The number of rotatable bonds is 5. The van der Waals surface area contributed by atoms with Gasteiger partial charge in [-0.3, -0.25) is 0 Å². The molecule has 0 fully saturated rings. The monoisotopic (exact) mass is 248 g/mol. The number of benzene rings is 1. The second-order valence-corrected chi connectivity index (χ2v) is 4.28. The van der Waals surface area contributed by atoms with E-state index < -0.39 is 5.97 Å². The van der Waals surface area contributed by atoms with Crippen molar-refractivity contribution in [3.05, 3.63) is 29.6 Å². The molecule has 2 aromatic rings. The molecule has 1 heterocycles. The lowest BCUT2D eigenvalue weighted by atomic mass is 10.2. The first-order valence-corrected chi connectivity index (χ1v) is 5.93. The summed E-state index contributed by atoms with van der Waals surface area (Å²) in [7, 11) is 1.92. The van der Waals surface area contributed by atoms with Crippen LogP contribution >= 0.6 is 0 Å². The summed E-state index contributed by atoms with van der Waals surface area (Å²) in [5.41, 5.74) is 1.89. The Kier molecular flexibility index (Phi) is 3.62. The summed E-state index contributed by atoms with van der Waals surface area (Å²) in [5.74, 6) is -0.0228. The summed E-state index contributed by atoms with van der Waals surface area (Å²) in [6, 6.07) is 4.96. The standard InChI is InChI=1S/C13H16N2O3/c1-15-11-6-5-9(13(17)18)8-10(11)14-12(15)4-2-3-7-16/h5-6,8,16H,2-4,7H2,1H3,(H,17,18). The predicted molar refractivity (Wildman–Crippen MR) is 67.7 cm³/mol. The molecular weight excluding hydrogens is 232 g/mol. The average molecular weight is 248 g/mol. The minimum Gasteiger partial charge on any atom is -0.478 e. The van der Waals surface area contributed by atoms with Gasteiger partial charge < -0.3 is 14.8 Å². The molecule has 0 saturated carbocycles. The third-order valence-corrected chi connectivity index (χ3v) is 3.03. The maximum atomic E-state index is 10.9. The molecule has 0 spiro atoms. The molecule has 0 unspecified atom stereocenters. The summed E-state index contributed by atoms with van der Waals surface area (Å²) in [6.07, 6.45) is 2.41. The number of hydrogen-bond acceptors (Lipinski definition) is 3. The van der Waals surface area contributed by atoms with E-state index in [9.17, 15) is 4.79 Å². The number of nitrogens with zero attached hydrogens (tertiary/aromatic N) is 2. The number of carbonyl (C=O) groups is 1. The van der Waals surface area contributed by atoms with Gasteiger partial charge in [0, 0.05) is 20.1 Å². The number of carboxylic acids is 1. The highest BCUT2D eigenvalue weighted by molar-refractivity contribution is 5.92. The number of aliphatic hydroxyl groups is 1. The Morgan fingerprint density at radius 2 is 2.17 bits per heavy atom. The van der Waals surface area contributed by atoms with Gasteiger partial charge in [0.15, 0.2) is 0 Å². The molecule has 0 bridgehead atoms. The fourth-order valence-electron chi connectivity index (χ4n) is 2.00. The van der Waals surface area contributed by atoms with Crippen LogP contribution in [-0.4, -0.2) is 32.3 Å². The van der Waals surface area contributed by atoms with Crippen molar-refractivity contribution in [1.29, 1.82) is 0 Å². The Morgan fingerprint density at radius 3 is 2.83 bits per heavy atom. The Hall–Kier alpha value is -1.88. The molecule has 0 aliphatic rings. The Morgan fingerprint density at radius 1 is 1.39 bits per heavy atom. The SMILES string of the molecule is Cn1c(CCCCO)nc2cc(C(=O)O)ccc21. The zero-order chi connectivity index (χ0) is 13.1. The van der Waals surface area contributed by atoms with Gasteiger partial charge in [-0.15, -0.1) is 0 Å². The minimum atomic E-state index is -0.940. The number of hydrogen-bond donors (Lipinski definition) is 2. The molecule has 2 rings (SSSR count). The third-order valence-electron chi connectivity index (χ3n) is 3.03. The smallest absolute Gasteiger partial charge is 0.335 e. The molecule has 0 aliphatic carbocycles. The summed E-state index contributed by atoms with van der Waals surface area (Å²) < 4.78 is 1.97. The number of aryl methyl sites for hydroxylation is 2. The van der Waals surface area contributed by atoms with Crippen molar-refractivity contribution in [1.82, 2.24) is 9.55 Å². The predicted octanol–water partition coefficient (Wildman–Crippen LogP) is 1.59. The van der Waals surface area contributed by atoms with Crippen molar-refractivity contribution in [2.45, 2.75) is 19.3 Å². The quantitative estimate of drug-likeness (QED) is 0.788. The van der Waals surface area contributed by atoms with Crippen LogP contribution in [0.5, 0.6) is 0 Å². The highest BCUT2D eigenvalue weighted by atomic mass is 16.4. The van der Waals surface area contributed by atoms with E-state index in [-0.39, 0.29) is 12.2 Å². The Bertz CT molecular complexity index is 575. The molecule has 1 aromatic carbocycles. The van der Waals surface area contributed by atoms with Gasteiger partial charge in [-0.25, -0.2) is 9.78 Å². The lowest BCUT2D eigenvalue weighted by Crippen LogP contribution is -1.98. The van der Waals surface area contributed by atoms with Gasteiger partial charge in [-0.1, -0.05) is 0 Å². The van der Waals surface area contributed by atoms with E-state index >= 15 is 0 Å². The summed E-state index contributed by atoms with van der Waals surface area (Å²) >= 11 is 0. The van der Waals surface area contributed by atoms with Gasteiger partial charge in [0.1, 0.15) is 5.82 Å². The van der Waals surface area contributed by atoms with Crippen molar-refractivity contribution >= 4 is 17.0 Å². The molecule has 18 heavy (non-hydrogen) atoms. The van der Waals surface area contributed by atoms with Crippen LogP contribution in [0.2, 0.25) is 0 Å². The highest BCUT2D eigenvalue weighted by Gasteiger charge is 2.10. The molecule has 0 atom stereocenters. The van der Waals surface area contributed by atoms with E-state index in [0.29, 0.717) is 5.52 Å². The van der Waals surface area contributed by atoms with Crippen molar-refractivity contribution in [2.24, 2.45) is 7.05 Å². The van der Waals surface area contributed by atoms with Crippen molar-refractivity contribution in [3.63, 3.8) is 0 Å². The van der Waals surface area contributed by atoms with Gasteiger partial charge in [-0.05, 0) is 31.0 Å². The largest absolute Gasteiger partial charge is 0.478 e. The molecule has 0 aliphatic heterocycles. The van der Waals surface area contributed by atoms with Crippen LogP contribution in [0.15, 0.2) is 18.2 Å². The number of fused-ring (bicyclic) bond motifs is 1. The topological polar surface area (TPSA) is 75.3 Å². The van der Waals surface area contributed by atoms with E-state index in [0.717, 1.165) is 30.6 Å². The van der Waals surface area contributed by atoms with Crippen LogP contribution in [0.1, 0.15) is 29.0 Å². The van der Waals surface area contributed by atoms with Gasteiger partial charge in [0.05, 0.1) is 16.6 Å². The number of aliphatic hydroxyl groups excluding tert-OH is 1. The Balaban J connectivity index is 2.33. The van der Waals surface area contributed by atoms with E-state index in [1.807, 2.05) is 11.6 Å². The maximum absolute atomic E-state index is 10.9. The first kappa shape index (κ1) is 12.6. The molecule has 1 aromatic heterocycles. The van der Waals surface area contributed by atoms with Gasteiger partial charge in [-0.2, -0.15) is 0 Å². The normalized spacial score (nSPS) is 11.0. The van der Waals surface area contributed by atoms with Crippen LogP contribution < -0.4 is 0 Å². The molecule has 0 saturated heterocycles. The zero-order valence-corrected chi connectivity index (χ0v) is 10.3. The zero-order valence-electron chi connectivity index (χ0n) is 10.3. The number of unbranched alkanes of at least 4 members (excludes halogenated alkanes) is 1. The maximum Gasteiger partial charge on any atom is 0.335 e. The van der Waals surface area contributed by atoms with Gasteiger partial charge in [0.25, 0.3) is 0 Å². The van der Waals surface area contributed by atoms with E-state index in [1.165, 1.54) is 0 Å². The molecule has 0 radical (unpaired) electrons. The van der Waals surface area contributed by atoms with Crippen LogP contribution in [0.4, 0.5) is 0 Å². The van der Waals surface area contributed by atoms with E-state index in [1.54, 1.807) is 18.2 Å². The number of imidazole rings is 1. The van der Waals surface area contributed by atoms with E-state index in [2.05, 4.69) is 4.98 Å².